The molecule has 0 spiro atoms. The Balaban J connectivity index is 2.09. The molecule has 0 saturated heterocycles. The summed E-state index contributed by atoms with van der Waals surface area (Å²) in [5.74, 6) is 0.261. The maximum absolute atomic E-state index is 12.1. The van der Waals surface area contributed by atoms with Crippen molar-refractivity contribution in [2.75, 3.05) is 19.0 Å². The number of ether oxygens (including phenoxy) is 1. The van der Waals surface area contributed by atoms with E-state index in [9.17, 15) is 14.9 Å². The van der Waals surface area contributed by atoms with Gasteiger partial charge in [0.05, 0.1) is 23.6 Å². The molecule has 1 N–H and O–H groups in total. The first-order valence-corrected chi connectivity index (χ1v) is 7.22. The first-order chi connectivity index (χ1) is 10.9. The van der Waals surface area contributed by atoms with Gasteiger partial charge in [-0.3, -0.25) is 14.9 Å². The molecule has 0 aliphatic carbocycles. The fourth-order valence-corrected chi connectivity index (χ4v) is 2.33. The Morgan fingerprint density at radius 1 is 1.22 bits per heavy atom. The van der Waals surface area contributed by atoms with E-state index in [0.717, 1.165) is 0 Å². The highest BCUT2D eigenvalue weighted by atomic mass is 35.5. The Morgan fingerprint density at radius 2 is 1.96 bits per heavy atom. The number of benzene rings is 2. The number of ketones is 1. The van der Waals surface area contributed by atoms with Gasteiger partial charge in [-0.25, -0.2) is 0 Å². The lowest BCUT2D eigenvalue weighted by Gasteiger charge is -2.08. The van der Waals surface area contributed by atoms with Crippen LogP contribution in [0.1, 0.15) is 10.4 Å². The standard InChI is InChI=1S/C15H12Cl2N2O4/c1-23-15-5-2-9(6-12(15)17)14(20)8-18-10-3-4-11(16)13(7-10)19(21)22/h2-7,18H,8H2,1H3. The van der Waals surface area contributed by atoms with Gasteiger partial charge < -0.3 is 10.1 Å². The van der Waals surface area contributed by atoms with Crippen LogP contribution in [0.15, 0.2) is 36.4 Å². The van der Waals surface area contributed by atoms with Gasteiger partial charge in [0.1, 0.15) is 10.8 Å². The lowest BCUT2D eigenvalue weighted by Crippen LogP contribution is -2.14. The molecule has 0 unspecified atom stereocenters. The average molecular weight is 355 g/mol. The Hall–Kier alpha value is -2.31. The number of halogens is 2. The monoisotopic (exact) mass is 354 g/mol. The van der Waals surface area contributed by atoms with Crippen LogP contribution in [0, 0.1) is 10.1 Å². The highest BCUT2D eigenvalue weighted by Gasteiger charge is 2.14. The van der Waals surface area contributed by atoms with Crippen molar-refractivity contribution in [2.24, 2.45) is 0 Å². The zero-order valence-corrected chi connectivity index (χ0v) is 13.5. The summed E-state index contributed by atoms with van der Waals surface area (Å²) in [5, 5.41) is 14.0. The lowest BCUT2D eigenvalue weighted by molar-refractivity contribution is -0.384. The predicted octanol–water partition coefficient (Wildman–Crippen LogP) is 4.21. The van der Waals surface area contributed by atoms with Crippen LogP contribution in [0.3, 0.4) is 0 Å². The average Bonchev–Trinajstić information content (AvgIpc) is 2.53. The van der Waals surface area contributed by atoms with Crippen LogP contribution >= 0.6 is 23.2 Å². The number of carbonyl (C=O) groups excluding carboxylic acids is 1. The van der Waals surface area contributed by atoms with Gasteiger partial charge in [-0.1, -0.05) is 23.2 Å². The van der Waals surface area contributed by atoms with Crippen LogP contribution in [0.25, 0.3) is 0 Å². The normalized spacial score (nSPS) is 10.2. The summed E-state index contributed by atoms with van der Waals surface area (Å²) in [6.07, 6.45) is 0. The van der Waals surface area contributed by atoms with Crippen molar-refractivity contribution in [3.05, 3.63) is 62.1 Å². The third-order valence-corrected chi connectivity index (χ3v) is 3.68. The summed E-state index contributed by atoms with van der Waals surface area (Å²) in [6.45, 7) is -0.0402. The highest BCUT2D eigenvalue weighted by molar-refractivity contribution is 6.33. The summed E-state index contributed by atoms with van der Waals surface area (Å²) in [6, 6.07) is 8.94. The molecule has 0 saturated carbocycles. The Labute approximate surface area is 142 Å². The number of nitro benzene ring substituents is 1. The zero-order valence-electron chi connectivity index (χ0n) is 12.0. The molecule has 0 bridgehead atoms. The molecule has 0 amide bonds. The van der Waals surface area contributed by atoms with Crippen molar-refractivity contribution in [2.45, 2.75) is 0 Å². The predicted molar refractivity (Wildman–Crippen MR) is 88.9 cm³/mol. The molecule has 2 aromatic carbocycles. The molecule has 0 fully saturated rings. The van der Waals surface area contributed by atoms with Crippen molar-refractivity contribution in [3.63, 3.8) is 0 Å². The number of carbonyl (C=O) groups is 1. The van der Waals surface area contributed by atoms with E-state index in [1.54, 1.807) is 18.2 Å². The van der Waals surface area contributed by atoms with Gasteiger partial charge in [-0.05, 0) is 30.3 Å². The Kier molecular flexibility index (Phi) is 5.41. The lowest BCUT2D eigenvalue weighted by atomic mass is 10.1. The maximum atomic E-state index is 12.1. The molecule has 0 radical (unpaired) electrons. The quantitative estimate of drug-likeness (QED) is 0.477. The molecule has 0 aromatic heterocycles. The van der Waals surface area contributed by atoms with Crippen LogP contribution < -0.4 is 10.1 Å². The largest absolute Gasteiger partial charge is 0.495 e. The summed E-state index contributed by atoms with van der Waals surface area (Å²) in [4.78, 5) is 22.4. The fraction of sp³-hybridized carbons (Fsp3) is 0.133. The van der Waals surface area contributed by atoms with Gasteiger partial charge in [0, 0.05) is 17.3 Å². The van der Waals surface area contributed by atoms with Gasteiger partial charge in [-0.15, -0.1) is 0 Å². The molecule has 23 heavy (non-hydrogen) atoms. The molecule has 0 heterocycles. The minimum atomic E-state index is -0.585. The van der Waals surface area contributed by atoms with Gasteiger partial charge in [0.25, 0.3) is 5.69 Å². The van der Waals surface area contributed by atoms with Crippen LogP contribution in [0.4, 0.5) is 11.4 Å². The van der Waals surface area contributed by atoms with Crippen LogP contribution in [0.5, 0.6) is 5.75 Å². The summed E-state index contributed by atoms with van der Waals surface area (Å²) >= 11 is 11.7. The van der Waals surface area contributed by atoms with Crippen LogP contribution in [-0.4, -0.2) is 24.4 Å². The first-order valence-electron chi connectivity index (χ1n) is 6.47. The molecule has 2 aromatic rings. The van der Waals surface area contributed by atoms with Crippen molar-refractivity contribution in [1.29, 1.82) is 0 Å². The Morgan fingerprint density at radius 3 is 2.57 bits per heavy atom. The second kappa shape index (κ2) is 7.30. The zero-order chi connectivity index (χ0) is 17.0. The highest BCUT2D eigenvalue weighted by Crippen LogP contribution is 2.28. The van der Waals surface area contributed by atoms with Gasteiger partial charge in [-0.2, -0.15) is 0 Å². The van der Waals surface area contributed by atoms with E-state index in [-0.39, 0.29) is 23.0 Å². The van der Waals surface area contributed by atoms with E-state index in [1.165, 1.54) is 25.3 Å². The SMILES string of the molecule is COc1ccc(C(=O)CNc2ccc(Cl)c([N+](=O)[O-])c2)cc1Cl. The molecule has 6 nitrogen and oxygen atoms in total. The number of nitrogens with one attached hydrogen (secondary N) is 1. The molecule has 0 aliphatic rings. The number of Topliss-reactive ketones (excluding diaryl/α,β-unsaturated/α-hetero) is 1. The smallest absolute Gasteiger partial charge is 0.289 e. The van der Waals surface area contributed by atoms with Crippen molar-refractivity contribution < 1.29 is 14.5 Å². The second-order valence-corrected chi connectivity index (χ2v) is 5.36. The van der Waals surface area contributed by atoms with Crippen molar-refractivity contribution in [3.8, 4) is 5.75 Å². The van der Waals surface area contributed by atoms with E-state index in [4.69, 9.17) is 27.9 Å². The summed E-state index contributed by atoms with van der Waals surface area (Å²) in [7, 11) is 1.48. The summed E-state index contributed by atoms with van der Waals surface area (Å²) in [5.41, 5.74) is 0.609. The molecular weight excluding hydrogens is 343 g/mol. The topological polar surface area (TPSA) is 81.5 Å². The molecule has 0 aliphatic heterocycles. The number of hydrogen-bond acceptors (Lipinski definition) is 5. The minimum absolute atomic E-state index is 0.0359. The number of hydrogen-bond donors (Lipinski definition) is 1. The van der Waals surface area contributed by atoms with Crippen molar-refractivity contribution >= 4 is 40.4 Å². The molecule has 0 atom stereocenters. The molecule has 8 heteroatoms. The van der Waals surface area contributed by atoms with Crippen LogP contribution in [-0.2, 0) is 0 Å². The van der Waals surface area contributed by atoms with Gasteiger partial charge in [0.2, 0.25) is 0 Å². The number of nitro groups is 1. The third kappa shape index (κ3) is 4.12. The maximum Gasteiger partial charge on any atom is 0.289 e. The summed E-state index contributed by atoms with van der Waals surface area (Å²) < 4.78 is 5.02. The fourth-order valence-electron chi connectivity index (χ4n) is 1.89. The number of methoxy groups -OCH3 is 1. The third-order valence-electron chi connectivity index (χ3n) is 3.07. The molecule has 2 rings (SSSR count). The van der Waals surface area contributed by atoms with Gasteiger partial charge >= 0.3 is 0 Å². The van der Waals surface area contributed by atoms with E-state index >= 15 is 0 Å². The number of rotatable bonds is 6. The number of anilines is 1. The van der Waals surface area contributed by atoms with E-state index in [2.05, 4.69) is 5.32 Å². The van der Waals surface area contributed by atoms with E-state index in [1.807, 2.05) is 0 Å². The first kappa shape index (κ1) is 17.1. The van der Waals surface area contributed by atoms with Crippen molar-refractivity contribution in [1.82, 2.24) is 0 Å². The van der Waals surface area contributed by atoms with E-state index in [0.29, 0.717) is 22.0 Å². The Bertz CT molecular complexity index is 765. The van der Waals surface area contributed by atoms with Crippen LogP contribution in [0.2, 0.25) is 10.0 Å². The van der Waals surface area contributed by atoms with Gasteiger partial charge in [0.15, 0.2) is 5.78 Å². The minimum Gasteiger partial charge on any atom is -0.495 e. The van der Waals surface area contributed by atoms with E-state index < -0.39 is 4.92 Å². The second-order valence-electron chi connectivity index (χ2n) is 4.55. The molecular formula is C15H12Cl2N2O4. The number of nitrogens with zero attached hydrogens (tertiary/aromatic N) is 1. The molecule has 120 valence electrons.